The Balaban J connectivity index is 2.45. The number of rotatable bonds is 1. The Bertz CT molecular complexity index is 466. The first-order valence-corrected chi connectivity index (χ1v) is 4.51. The van der Waals surface area contributed by atoms with Crippen molar-refractivity contribution < 1.29 is 14.7 Å². The topological polar surface area (TPSA) is 66.7 Å². The lowest BCUT2D eigenvalue weighted by Crippen LogP contribution is -2.30. The molecule has 1 N–H and O–H groups in total. The van der Waals surface area contributed by atoms with Gasteiger partial charge in [-0.25, -0.2) is 4.79 Å². The minimum atomic E-state index is -1.22. The smallest absolute Gasteiger partial charge is 0.340 e. The number of nitrogens with zero attached hydrogens (tertiary/aromatic N) is 1. The number of carboxylic acids is 1. The summed E-state index contributed by atoms with van der Waals surface area (Å²) in [6, 6.07) is 0. The Hall–Kier alpha value is -1.97. The van der Waals surface area contributed by atoms with Crippen LogP contribution in [0.1, 0.15) is 6.92 Å². The lowest BCUT2D eigenvalue weighted by molar-refractivity contribution is -0.134. The third kappa shape index (κ3) is 1.54. The number of aliphatic imine (C=N–C) groups is 1. The van der Waals surface area contributed by atoms with E-state index in [4.69, 9.17) is 5.11 Å². The molecule has 0 saturated heterocycles. The summed E-state index contributed by atoms with van der Waals surface area (Å²) in [5.41, 5.74) is 1.30. The zero-order valence-electron chi connectivity index (χ0n) is 8.10. The molecule has 0 saturated carbocycles. The molecule has 0 fully saturated rings. The van der Waals surface area contributed by atoms with Gasteiger partial charge in [0.25, 0.3) is 0 Å². The molecule has 0 aromatic rings. The number of fused-ring (bicyclic) bond motifs is 1. The number of carboxylic acid groups (broad SMARTS) is 1. The highest BCUT2D eigenvalue weighted by molar-refractivity contribution is 6.28. The molecule has 15 heavy (non-hydrogen) atoms. The number of ketones is 1. The first kappa shape index (κ1) is 9.58. The number of Topliss-reactive ketones (excluding diaryl/α,β-unsaturated/α-hetero) is 1. The number of hydrogen-bond donors (Lipinski definition) is 1. The van der Waals surface area contributed by atoms with Gasteiger partial charge in [-0.05, 0) is 13.0 Å². The molecular formula is C11H9NO3. The second-order valence-corrected chi connectivity index (χ2v) is 3.49. The Morgan fingerprint density at radius 1 is 1.47 bits per heavy atom. The molecule has 0 radical (unpaired) electrons. The third-order valence-electron chi connectivity index (χ3n) is 2.39. The van der Waals surface area contributed by atoms with Crippen molar-refractivity contribution in [1.82, 2.24) is 0 Å². The molecule has 0 amide bonds. The molecule has 1 atom stereocenters. The van der Waals surface area contributed by atoms with Gasteiger partial charge < -0.3 is 5.11 Å². The molecule has 0 aromatic carbocycles. The van der Waals surface area contributed by atoms with Crippen LogP contribution in [0.3, 0.4) is 0 Å². The first-order valence-electron chi connectivity index (χ1n) is 4.51. The molecule has 1 unspecified atom stereocenters. The maximum absolute atomic E-state index is 11.7. The van der Waals surface area contributed by atoms with Crippen molar-refractivity contribution in [3.05, 3.63) is 35.6 Å². The predicted molar refractivity (Wildman–Crippen MR) is 54.5 cm³/mol. The van der Waals surface area contributed by atoms with Crippen LogP contribution in [0.15, 0.2) is 40.6 Å². The summed E-state index contributed by atoms with van der Waals surface area (Å²) in [6.07, 6.45) is 6.45. The van der Waals surface area contributed by atoms with Crippen LogP contribution in [0.2, 0.25) is 0 Å². The Morgan fingerprint density at radius 2 is 2.20 bits per heavy atom. The van der Waals surface area contributed by atoms with Gasteiger partial charge in [-0.15, -0.1) is 0 Å². The number of hydrogen-bond acceptors (Lipinski definition) is 3. The van der Waals surface area contributed by atoms with Crippen molar-refractivity contribution in [3.8, 4) is 0 Å². The minimum absolute atomic E-state index is 0.247. The van der Waals surface area contributed by atoms with Gasteiger partial charge >= 0.3 is 5.97 Å². The average Bonchev–Trinajstić information content (AvgIpc) is 2.19. The van der Waals surface area contributed by atoms with E-state index in [1.54, 1.807) is 12.2 Å². The molecule has 0 spiro atoms. The summed E-state index contributed by atoms with van der Waals surface area (Å²) < 4.78 is 0. The Kier molecular flexibility index (Phi) is 2.11. The molecule has 0 bridgehead atoms. The van der Waals surface area contributed by atoms with Gasteiger partial charge in [0.1, 0.15) is 5.57 Å². The van der Waals surface area contributed by atoms with E-state index >= 15 is 0 Å². The van der Waals surface area contributed by atoms with E-state index in [9.17, 15) is 9.59 Å². The van der Waals surface area contributed by atoms with E-state index < -0.39 is 17.7 Å². The van der Waals surface area contributed by atoms with E-state index in [0.29, 0.717) is 5.71 Å². The number of carbonyl (C=O) groups is 2. The van der Waals surface area contributed by atoms with Gasteiger partial charge in [-0.2, -0.15) is 0 Å². The van der Waals surface area contributed by atoms with E-state index in [2.05, 4.69) is 4.99 Å². The van der Waals surface area contributed by atoms with Gasteiger partial charge in [-0.3, -0.25) is 9.79 Å². The quantitative estimate of drug-likeness (QED) is 0.649. The van der Waals surface area contributed by atoms with Crippen molar-refractivity contribution in [1.29, 1.82) is 0 Å². The standard InChI is InChI=1S/C11H9NO3/c1-6-2-3-9-7(4-6)10(13)8(5-12-9)11(14)15/h2-5,7H,1H3,(H,14,15). The predicted octanol–water partition coefficient (Wildman–Crippen LogP) is 1.11. The van der Waals surface area contributed by atoms with Gasteiger partial charge in [0.2, 0.25) is 0 Å². The van der Waals surface area contributed by atoms with Crippen LogP contribution in [0.25, 0.3) is 0 Å². The lowest BCUT2D eigenvalue weighted by atomic mass is 9.86. The van der Waals surface area contributed by atoms with Crippen molar-refractivity contribution >= 4 is 17.5 Å². The Labute approximate surface area is 86.3 Å². The molecule has 2 rings (SSSR count). The van der Waals surface area contributed by atoms with Crippen molar-refractivity contribution in [2.45, 2.75) is 6.92 Å². The van der Waals surface area contributed by atoms with Crippen LogP contribution < -0.4 is 0 Å². The Morgan fingerprint density at radius 3 is 2.87 bits per heavy atom. The molecule has 4 heteroatoms. The van der Waals surface area contributed by atoms with Gasteiger partial charge in [-0.1, -0.05) is 17.7 Å². The van der Waals surface area contributed by atoms with Gasteiger partial charge in [0.15, 0.2) is 5.78 Å². The van der Waals surface area contributed by atoms with E-state index in [1.807, 2.05) is 13.0 Å². The van der Waals surface area contributed by atoms with Crippen LogP contribution in [0.4, 0.5) is 0 Å². The minimum Gasteiger partial charge on any atom is -0.478 e. The first-order chi connectivity index (χ1) is 7.09. The molecule has 76 valence electrons. The van der Waals surface area contributed by atoms with E-state index in [-0.39, 0.29) is 5.57 Å². The fourth-order valence-electron chi connectivity index (χ4n) is 1.59. The zero-order valence-corrected chi connectivity index (χ0v) is 8.10. The summed E-state index contributed by atoms with van der Waals surface area (Å²) in [4.78, 5) is 26.4. The maximum atomic E-state index is 11.7. The number of allylic oxidation sites excluding steroid dienone is 4. The fourth-order valence-corrected chi connectivity index (χ4v) is 1.59. The average molecular weight is 203 g/mol. The normalized spacial score (nSPS) is 23.9. The zero-order chi connectivity index (χ0) is 11.0. The molecule has 1 aliphatic carbocycles. The van der Waals surface area contributed by atoms with Crippen molar-refractivity contribution in [2.24, 2.45) is 10.9 Å². The van der Waals surface area contributed by atoms with Crippen LogP contribution in [-0.4, -0.2) is 22.6 Å². The molecular weight excluding hydrogens is 194 g/mol. The highest BCUT2D eigenvalue weighted by atomic mass is 16.4. The summed E-state index contributed by atoms with van der Waals surface area (Å²) in [7, 11) is 0. The van der Waals surface area contributed by atoms with Crippen LogP contribution in [0.5, 0.6) is 0 Å². The highest BCUT2D eigenvalue weighted by Crippen LogP contribution is 2.22. The van der Waals surface area contributed by atoms with Gasteiger partial charge in [0.05, 0.1) is 11.6 Å². The fraction of sp³-hybridized carbons (Fsp3) is 0.182. The molecule has 1 aliphatic heterocycles. The number of aliphatic carboxylic acids is 1. The summed E-state index contributed by atoms with van der Waals surface area (Å²) in [5, 5.41) is 8.77. The highest BCUT2D eigenvalue weighted by Gasteiger charge is 2.31. The largest absolute Gasteiger partial charge is 0.478 e. The summed E-state index contributed by atoms with van der Waals surface area (Å²) >= 11 is 0. The summed E-state index contributed by atoms with van der Waals surface area (Å²) in [6.45, 7) is 1.86. The van der Waals surface area contributed by atoms with Crippen molar-refractivity contribution in [2.75, 3.05) is 0 Å². The molecule has 4 nitrogen and oxygen atoms in total. The molecule has 1 heterocycles. The lowest BCUT2D eigenvalue weighted by Gasteiger charge is -2.19. The van der Waals surface area contributed by atoms with E-state index in [1.165, 1.54) is 0 Å². The molecule has 0 aromatic heterocycles. The van der Waals surface area contributed by atoms with Crippen LogP contribution in [0, 0.1) is 5.92 Å². The second kappa shape index (κ2) is 3.31. The third-order valence-corrected chi connectivity index (χ3v) is 2.39. The van der Waals surface area contributed by atoms with Crippen LogP contribution >= 0.6 is 0 Å². The van der Waals surface area contributed by atoms with E-state index in [0.717, 1.165) is 11.8 Å². The molecule has 2 aliphatic rings. The maximum Gasteiger partial charge on any atom is 0.340 e. The van der Waals surface area contributed by atoms with Gasteiger partial charge in [0, 0.05) is 6.20 Å². The monoisotopic (exact) mass is 203 g/mol. The second-order valence-electron chi connectivity index (χ2n) is 3.49. The van der Waals surface area contributed by atoms with Crippen molar-refractivity contribution in [3.63, 3.8) is 0 Å². The number of carbonyl (C=O) groups excluding carboxylic acids is 1. The van der Waals surface area contributed by atoms with Crippen LogP contribution in [-0.2, 0) is 9.59 Å². The summed E-state index contributed by atoms with van der Waals surface area (Å²) in [5.74, 6) is -2.13. The SMILES string of the molecule is CC1=CC2C(=O)C(C(=O)O)=CN=C2C=C1.